The Morgan fingerprint density at radius 2 is 1.86 bits per heavy atom. The minimum absolute atomic E-state index is 0.182. The van der Waals surface area contributed by atoms with Crippen molar-refractivity contribution in [3.63, 3.8) is 0 Å². The molecule has 1 N–H and O–H groups in total. The Morgan fingerprint density at radius 1 is 1.14 bits per heavy atom. The normalized spacial score (nSPS) is 12.3. The zero-order chi connectivity index (χ0) is 20.9. The summed E-state index contributed by atoms with van der Waals surface area (Å²) in [6.07, 6.45) is 1.78. The second kappa shape index (κ2) is 9.10. The highest BCUT2D eigenvalue weighted by Gasteiger charge is 2.23. The highest BCUT2D eigenvalue weighted by molar-refractivity contribution is 7.92. The third-order valence-corrected chi connectivity index (χ3v) is 5.85. The average Bonchev–Trinajstić information content (AvgIpc) is 2.65. The van der Waals surface area contributed by atoms with Gasteiger partial charge < -0.3 is 10.1 Å². The van der Waals surface area contributed by atoms with Gasteiger partial charge in [-0.3, -0.25) is 9.10 Å². The Balaban J connectivity index is 2.21. The lowest BCUT2D eigenvalue weighted by molar-refractivity contribution is -0.120. The molecule has 0 aliphatic rings. The van der Waals surface area contributed by atoms with Crippen LogP contribution in [0.5, 0.6) is 5.75 Å². The van der Waals surface area contributed by atoms with Gasteiger partial charge in [0.05, 0.1) is 25.1 Å². The summed E-state index contributed by atoms with van der Waals surface area (Å²) in [6, 6.07) is 12.5. The van der Waals surface area contributed by atoms with E-state index in [9.17, 15) is 13.2 Å². The van der Waals surface area contributed by atoms with Crippen LogP contribution >= 0.6 is 0 Å². The molecule has 0 aromatic heterocycles. The van der Waals surface area contributed by atoms with Crippen molar-refractivity contribution < 1.29 is 17.9 Å². The summed E-state index contributed by atoms with van der Waals surface area (Å²) in [4.78, 5) is 12.7. The number of hydrogen-bond donors (Lipinski definition) is 1. The standard InChI is InChI=1S/C21H28N2O4S/c1-6-20(17-11-10-15(2)16(3)12-17)22-21(24)14-23(28(5,25)26)18-8-7-9-19(13-18)27-4/h7-13,20H,6,14H2,1-5H3,(H,22,24)/t20-/m0/s1. The summed E-state index contributed by atoms with van der Waals surface area (Å²) in [5, 5.41) is 2.95. The van der Waals surface area contributed by atoms with Crippen LogP contribution in [0, 0.1) is 13.8 Å². The maximum atomic E-state index is 12.7. The number of amides is 1. The average molecular weight is 405 g/mol. The lowest BCUT2D eigenvalue weighted by Gasteiger charge is -2.24. The predicted molar refractivity (Wildman–Crippen MR) is 112 cm³/mol. The molecule has 0 heterocycles. The summed E-state index contributed by atoms with van der Waals surface area (Å²) in [6.45, 7) is 5.75. The fourth-order valence-electron chi connectivity index (χ4n) is 2.94. The van der Waals surface area contributed by atoms with Gasteiger partial charge in [0.2, 0.25) is 15.9 Å². The SMILES string of the molecule is CC[C@H](NC(=O)CN(c1cccc(OC)c1)S(C)(=O)=O)c1ccc(C)c(C)c1. The van der Waals surface area contributed by atoms with Crippen LogP contribution in [-0.4, -0.2) is 34.2 Å². The van der Waals surface area contributed by atoms with Crippen molar-refractivity contribution in [1.29, 1.82) is 0 Å². The number of anilines is 1. The first kappa shape index (κ1) is 21.8. The fraction of sp³-hybridized carbons (Fsp3) is 0.381. The maximum Gasteiger partial charge on any atom is 0.241 e. The molecule has 6 nitrogen and oxygen atoms in total. The van der Waals surface area contributed by atoms with E-state index >= 15 is 0 Å². The number of sulfonamides is 1. The molecule has 1 amide bonds. The Hall–Kier alpha value is -2.54. The van der Waals surface area contributed by atoms with E-state index in [1.54, 1.807) is 24.3 Å². The Labute approximate surface area is 167 Å². The van der Waals surface area contributed by atoms with Crippen molar-refractivity contribution in [2.24, 2.45) is 0 Å². The Morgan fingerprint density at radius 3 is 2.43 bits per heavy atom. The molecule has 0 unspecified atom stereocenters. The van der Waals surface area contributed by atoms with Crippen molar-refractivity contribution in [1.82, 2.24) is 5.32 Å². The zero-order valence-corrected chi connectivity index (χ0v) is 17.8. The van der Waals surface area contributed by atoms with E-state index in [0.29, 0.717) is 17.9 Å². The first-order chi connectivity index (χ1) is 13.2. The number of carbonyl (C=O) groups is 1. The van der Waals surface area contributed by atoms with Crippen molar-refractivity contribution in [2.75, 3.05) is 24.2 Å². The van der Waals surface area contributed by atoms with E-state index in [1.807, 2.05) is 32.9 Å². The van der Waals surface area contributed by atoms with Crippen molar-refractivity contribution in [2.45, 2.75) is 33.2 Å². The van der Waals surface area contributed by atoms with Gasteiger partial charge in [0, 0.05) is 6.07 Å². The molecule has 0 fully saturated rings. The van der Waals surface area contributed by atoms with Crippen molar-refractivity contribution in [3.05, 3.63) is 59.2 Å². The van der Waals surface area contributed by atoms with Crippen LogP contribution in [0.1, 0.15) is 36.1 Å². The number of ether oxygens (including phenoxy) is 1. The monoisotopic (exact) mass is 404 g/mol. The number of carbonyl (C=O) groups excluding carboxylic acids is 1. The number of methoxy groups -OCH3 is 1. The van der Waals surface area contributed by atoms with Gasteiger partial charge in [0.15, 0.2) is 0 Å². The molecule has 7 heteroatoms. The van der Waals surface area contributed by atoms with Gasteiger partial charge in [0.1, 0.15) is 12.3 Å². The topological polar surface area (TPSA) is 75.7 Å². The minimum atomic E-state index is -3.64. The second-order valence-corrected chi connectivity index (χ2v) is 8.75. The number of hydrogen-bond acceptors (Lipinski definition) is 4. The van der Waals surface area contributed by atoms with Gasteiger partial charge in [-0.25, -0.2) is 8.42 Å². The fourth-order valence-corrected chi connectivity index (χ4v) is 3.79. The molecule has 2 aromatic rings. The quantitative estimate of drug-likeness (QED) is 0.732. The van der Waals surface area contributed by atoms with Crippen LogP contribution in [-0.2, 0) is 14.8 Å². The summed E-state index contributed by atoms with van der Waals surface area (Å²) in [5.41, 5.74) is 3.73. The highest BCUT2D eigenvalue weighted by atomic mass is 32.2. The van der Waals surface area contributed by atoms with Crippen molar-refractivity contribution in [3.8, 4) is 5.75 Å². The van der Waals surface area contributed by atoms with Crippen LogP contribution in [0.2, 0.25) is 0 Å². The number of benzene rings is 2. The molecule has 152 valence electrons. The summed E-state index contributed by atoms with van der Waals surface area (Å²) in [7, 11) is -2.13. The van der Waals surface area contributed by atoms with Crippen LogP contribution in [0.15, 0.2) is 42.5 Å². The molecule has 0 saturated heterocycles. The first-order valence-electron chi connectivity index (χ1n) is 9.14. The predicted octanol–water partition coefficient (Wildman–Crippen LogP) is 3.35. The van der Waals surface area contributed by atoms with Crippen LogP contribution in [0.4, 0.5) is 5.69 Å². The lowest BCUT2D eigenvalue weighted by atomic mass is 9.99. The maximum absolute atomic E-state index is 12.7. The molecule has 0 aliphatic heterocycles. The molecule has 1 atom stereocenters. The number of rotatable bonds is 8. The zero-order valence-electron chi connectivity index (χ0n) is 17.0. The van der Waals surface area contributed by atoms with Crippen molar-refractivity contribution >= 4 is 21.6 Å². The number of nitrogens with one attached hydrogen (secondary N) is 1. The molecule has 0 spiro atoms. The van der Waals surface area contributed by atoms with Gasteiger partial charge in [0.25, 0.3) is 0 Å². The van der Waals surface area contributed by atoms with Gasteiger partial charge in [-0.2, -0.15) is 0 Å². The van der Waals surface area contributed by atoms with E-state index in [-0.39, 0.29) is 18.5 Å². The first-order valence-corrected chi connectivity index (χ1v) is 11.0. The smallest absolute Gasteiger partial charge is 0.241 e. The van der Waals surface area contributed by atoms with Crippen LogP contribution in [0.3, 0.4) is 0 Å². The summed E-state index contributed by atoms with van der Waals surface area (Å²) >= 11 is 0. The molecular weight excluding hydrogens is 376 g/mol. The minimum Gasteiger partial charge on any atom is -0.497 e. The van der Waals surface area contributed by atoms with E-state index in [1.165, 1.54) is 12.7 Å². The van der Waals surface area contributed by atoms with E-state index in [0.717, 1.165) is 21.7 Å². The van der Waals surface area contributed by atoms with Gasteiger partial charge in [-0.1, -0.05) is 31.2 Å². The number of aryl methyl sites for hydroxylation is 2. The molecule has 0 radical (unpaired) electrons. The van der Waals surface area contributed by atoms with E-state index in [2.05, 4.69) is 11.4 Å². The van der Waals surface area contributed by atoms with Crippen LogP contribution < -0.4 is 14.4 Å². The highest BCUT2D eigenvalue weighted by Crippen LogP contribution is 2.24. The van der Waals surface area contributed by atoms with E-state index < -0.39 is 10.0 Å². The van der Waals surface area contributed by atoms with Gasteiger partial charge in [-0.15, -0.1) is 0 Å². The van der Waals surface area contributed by atoms with E-state index in [4.69, 9.17) is 4.74 Å². The summed E-state index contributed by atoms with van der Waals surface area (Å²) in [5.74, 6) is 0.159. The van der Waals surface area contributed by atoms with Gasteiger partial charge in [-0.05, 0) is 49.1 Å². The molecule has 28 heavy (non-hydrogen) atoms. The Bertz CT molecular complexity index is 941. The molecule has 0 aliphatic carbocycles. The lowest BCUT2D eigenvalue weighted by Crippen LogP contribution is -2.41. The van der Waals surface area contributed by atoms with Crippen LogP contribution in [0.25, 0.3) is 0 Å². The molecule has 0 saturated carbocycles. The molecule has 0 bridgehead atoms. The number of nitrogens with zero attached hydrogens (tertiary/aromatic N) is 1. The second-order valence-electron chi connectivity index (χ2n) is 6.84. The molecule has 2 aromatic carbocycles. The third kappa shape index (κ3) is 5.48. The Kier molecular flexibility index (Phi) is 7.07. The summed E-state index contributed by atoms with van der Waals surface area (Å²) < 4.78 is 30.8. The van der Waals surface area contributed by atoms with Gasteiger partial charge >= 0.3 is 0 Å². The molecular formula is C21H28N2O4S. The largest absolute Gasteiger partial charge is 0.497 e. The third-order valence-electron chi connectivity index (χ3n) is 4.71. The molecule has 2 rings (SSSR count).